The van der Waals surface area contributed by atoms with Gasteiger partial charge < -0.3 is 9.64 Å². The molecule has 1 amide bonds. The van der Waals surface area contributed by atoms with Crippen molar-refractivity contribution in [1.29, 1.82) is 0 Å². The summed E-state index contributed by atoms with van der Waals surface area (Å²) in [6.07, 6.45) is 0.758. The number of piperidine rings is 1. The maximum atomic E-state index is 13.0. The van der Waals surface area contributed by atoms with E-state index < -0.39 is 10.0 Å². The average molecular weight is 407 g/mol. The summed E-state index contributed by atoms with van der Waals surface area (Å²) in [4.78, 5) is 13.6. The third-order valence-corrected chi connectivity index (χ3v) is 8.79. The van der Waals surface area contributed by atoms with Crippen LogP contribution in [0, 0.1) is 11.3 Å². The Hall–Kier alpha value is -0.670. The Bertz CT molecular complexity index is 751. The molecule has 2 saturated heterocycles. The first-order chi connectivity index (χ1) is 11.8. The van der Waals surface area contributed by atoms with Gasteiger partial charge in [0.1, 0.15) is 4.21 Å². The van der Waals surface area contributed by atoms with Crippen molar-refractivity contribution >= 4 is 38.9 Å². The second-order valence-electron chi connectivity index (χ2n) is 6.77. The number of halogens is 1. The summed E-state index contributed by atoms with van der Waals surface area (Å²) in [5.74, 6) is 0.123. The van der Waals surface area contributed by atoms with E-state index in [1.165, 1.54) is 0 Å². The summed E-state index contributed by atoms with van der Waals surface area (Å²) in [5, 5.41) is 0. The summed E-state index contributed by atoms with van der Waals surface area (Å²) in [6.45, 7) is 6.70. The molecule has 2 aliphatic heterocycles. The lowest BCUT2D eigenvalue weighted by Crippen LogP contribution is -2.50. The van der Waals surface area contributed by atoms with E-state index in [-0.39, 0.29) is 21.4 Å². The number of hydrogen-bond acceptors (Lipinski definition) is 5. The van der Waals surface area contributed by atoms with Gasteiger partial charge in [0.15, 0.2) is 0 Å². The maximum Gasteiger partial charge on any atom is 0.252 e. The molecule has 25 heavy (non-hydrogen) atoms. The van der Waals surface area contributed by atoms with Gasteiger partial charge in [0.05, 0.1) is 10.9 Å². The number of ether oxygens (including phenoxy) is 1. The normalized spacial score (nSPS) is 27.5. The molecule has 1 aromatic rings. The third-order valence-electron chi connectivity index (χ3n) is 5.28. The molecule has 3 rings (SSSR count). The first-order valence-corrected chi connectivity index (χ1v) is 11.0. The van der Waals surface area contributed by atoms with Crippen LogP contribution in [-0.2, 0) is 19.6 Å². The Morgan fingerprint density at radius 1 is 1.44 bits per heavy atom. The zero-order valence-corrected chi connectivity index (χ0v) is 16.8. The Kier molecular flexibility index (Phi) is 5.46. The zero-order chi connectivity index (χ0) is 18.2. The number of amides is 1. The predicted molar refractivity (Wildman–Crippen MR) is 97.4 cm³/mol. The summed E-state index contributed by atoms with van der Waals surface area (Å²) in [6, 6.07) is 3.16. The lowest BCUT2D eigenvalue weighted by atomic mass is 9.73. The van der Waals surface area contributed by atoms with Crippen molar-refractivity contribution in [3.05, 3.63) is 16.5 Å². The molecular formula is C16H23ClN2O4S2. The first kappa shape index (κ1) is 19.1. The largest absolute Gasteiger partial charge is 0.381 e. The van der Waals surface area contributed by atoms with E-state index in [9.17, 15) is 13.2 Å². The monoisotopic (exact) mass is 406 g/mol. The third kappa shape index (κ3) is 3.60. The Morgan fingerprint density at radius 2 is 2.20 bits per heavy atom. The van der Waals surface area contributed by atoms with Gasteiger partial charge in [-0.05, 0) is 31.4 Å². The van der Waals surface area contributed by atoms with Crippen molar-refractivity contribution in [2.24, 2.45) is 11.3 Å². The molecule has 6 nitrogen and oxygen atoms in total. The Labute approximate surface area is 157 Å². The van der Waals surface area contributed by atoms with Crippen molar-refractivity contribution in [2.45, 2.75) is 24.5 Å². The number of rotatable bonds is 5. The van der Waals surface area contributed by atoms with Crippen LogP contribution in [0.4, 0.5) is 0 Å². The molecule has 0 aliphatic carbocycles. The van der Waals surface area contributed by atoms with Crippen LogP contribution >= 0.6 is 22.9 Å². The van der Waals surface area contributed by atoms with Gasteiger partial charge in [-0.3, -0.25) is 4.79 Å². The molecule has 0 unspecified atom stereocenters. The van der Waals surface area contributed by atoms with Crippen LogP contribution in [0.1, 0.15) is 20.3 Å². The summed E-state index contributed by atoms with van der Waals surface area (Å²) < 4.78 is 33.9. The van der Waals surface area contributed by atoms with Crippen molar-refractivity contribution in [3.63, 3.8) is 0 Å². The fourth-order valence-electron chi connectivity index (χ4n) is 3.81. The quantitative estimate of drug-likeness (QED) is 0.752. The fourth-order valence-corrected chi connectivity index (χ4v) is 7.03. The molecule has 2 aliphatic rings. The highest BCUT2D eigenvalue weighted by molar-refractivity contribution is 7.91. The SMILES string of the molecule is CCOC[C@@]12CCN(C(C)=O)C[C@@H]1CN(S(=O)(=O)c1ccc(Cl)s1)C2. The van der Waals surface area contributed by atoms with Crippen LogP contribution in [0.5, 0.6) is 0 Å². The van der Waals surface area contributed by atoms with Crippen LogP contribution < -0.4 is 0 Å². The van der Waals surface area contributed by atoms with E-state index in [1.807, 2.05) is 11.8 Å². The summed E-state index contributed by atoms with van der Waals surface area (Å²) in [5.41, 5.74) is -0.226. The molecule has 2 fully saturated rings. The number of carbonyl (C=O) groups excluding carboxylic acids is 1. The van der Waals surface area contributed by atoms with E-state index in [4.69, 9.17) is 16.3 Å². The fraction of sp³-hybridized carbons (Fsp3) is 0.688. The second-order valence-corrected chi connectivity index (χ2v) is 10.6. The van der Waals surface area contributed by atoms with Crippen molar-refractivity contribution in [1.82, 2.24) is 9.21 Å². The van der Waals surface area contributed by atoms with Gasteiger partial charge in [-0.2, -0.15) is 4.31 Å². The zero-order valence-electron chi connectivity index (χ0n) is 14.4. The minimum absolute atomic E-state index is 0.0383. The lowest BCUT2D eigenvalue weighted by molar-refractivity contribution is -0.133. The molecule has 0 aromatic carbocycles. The summed E-state index contributed by atoms with van der Waals surface area (Å²) in [7, 11) is -3.57. The highest BCUT2D eigenvalue weighted by Crippen LogP contribution is 2.45. The summed E-state index contributed by atoms with van der Waals surface area (Å²) >= 11 is 6.99. The minimum Gasteiger partial charge on any atom is -0.381 e. The van der Waals surface area contributed by atoms with Gasteiger partial charge in [-0.1, -0.05) is 11.6 Å². The second kappa shape index (κ2) is 7.15. The van der Waals surface area contributed by atoms with Gasteiger partial charge in [0.25, 0.3) is 10.0 Å². The molecule has 140 valence electrons. The number of nitrogens with zero attached hydrogens (tertiary/aromatic N) is 2. The molecule has 1 aromatic heterocycles. The Balaban J connectivity index is 1.86. The lowest BCUT2D eigenvalue weighted by Gasteiger charge is -2.43. The number of fused-ring (bicyclic) bond motifs is 1. The van der Waals surface area contributed by atoms with Crippen LogP contribution in [0.15, 0.2) is 16.3 Å². The van der Waals surface area contributed by atoms with E-state index in [1.54, 1.807) is 23.4 Å². The molecular weight excluding hydrogens is 384 g/mol. The van der Waals surface area contributed by atoms with Crippen LogP contribution in [-0.4, -0.2) is 62.9 Å². The standard InChI is InChI=1S/C16H23ClN2O4S2/c1-3-23-11-16-6-7-18(12(2)20)8-13(16)9-19(10-16)25(21,22)15-5-4-14(17)24-15/h4-5,13H,3,6-11H2,1-2H3/t13-,16+/m1/s1. The molecule has 0 radical (unpaired) electrons. The van der Waals surface area contributed by atoms with Gasteiger partial charge >= 0.3 is 0 Å². The van der Waals surface area contributed by atoms with E-state index in [2.05, 4.69) is 0 Å². The minimum atomic E-state index is -3.57. The van der Waals surface area contributed by atoms with Crippen LogP contribution in [0.25, 0.3) is 0 Å². The molecule has 0 saturated carbocycles. The maximum absolute atomic E-state index is 13.0. The number of thiophene rings is 1. The van der Waals surface area contributed by atoms with E-state index in [0.29, 0.717) is 43.7 Å². The predicted octanol–water partition coefficient (Wildman–Crippen LogP) is 2.30. The van der Waals surface area contributed by atoms with Crippen molar-refractivity contribution < 1.29 is 17.9 Å². The number of likely N-dealkylation sites (tertiary alicyclic amines) is 1. The topological polar surface area (TPSA) is 66.9 Å². The smallest absolute Gasteiger partial charge is 0.252 e. The highest BCUT2D eigenvalue weighted by atomic mass is 35.5. The highest BCUT2D eigenvalue weighted by Gasteiger charge is 2.53. The van der Waals surface area contributed by atoms with Gasteiger partial charge in [-0.25, -0.2) is 8.42 Å². The molecule has 3 heterocycles. The molecule has 2 atom stereocenters. The van der Waals surface area contributed by atoms with Crippen molar-refractivity contribution in [3.8, 4) is 0 Å². The first-order valence-electron chi connectivity index (χ1n) is 8.37. The van der Waals surface area contributed by atoms with Crippen molar-refractivity contribution in [2.75, 3.05) is 39.4 Å². The van der Waals surface area contributed by atoms with Crippen LogP contribution in [0.3, 0.4) is 0 Å². The van der Waals surface area contributed by atoms with Gasteiger partial charge in [0, 0.05) is 45.1 Å². The average Bonchev–Trinajstić information content (AvgIpc) is 3.16. The number of carbonyl (C=O) groups is 1. The van der Waals surface area contributed by atoms with Gasteiger partial charge in [0.2, 0.25) is 5.91 Å². The molecule has 0 spiro atoms. The Morgan fingerprint density at radius 3 is 2.80 bits per heavy atom. The van der Waals surface area contributed by atoms with Crippen LogP contribution in [0.2, 0.25) is 4.34 Å². The molecule has 0 bridgehead atoms. The molecule has 9 heteroatoms. The number of sulfonamides is 1. The number of hydrogen-bond donors (Lipinski definition) is 0. The van der Waals surface area contributed by atoms with E-state index in [0.717, 1.165) is 17.8 Å². The van der Waals surface area contributed by atoms with Gasteiger partial charge in [-0.15, -0.1) is 11.3 Å². The molecule has 0 N–H and O–H groups in total. The van der Waals surface area contributed by atoms with E-state index >= 15 is 0 Å².